The van der Waals surface area contributed by atoms with Gasteiger partial charge in [-0.1, -0.05) is 24.3 Å². The van der Waals surface area contributed by atoms with E-state index in [4.69, 9.17) is 11.6 Å². The maximum absolute atomic E-state index is 11.6. The van der Waals surface area contributed by atoms with E-state index in [-0.39, 0.29) is 5.91 Å². The highest BCUT2D eigenvalue weighted by molar-refractivity contribution is 7.99. The fraction of sp³-hybridized carbons (Fsp3) is 0.231. The van der Waals surface area contributed by atoms with Crippen molar-refractivity contribution < 1.29 is 4.79 Å². The van der Waals surface area contributed by atoms with Gasteiger partial charge in [-0.3, -0.25) is 4.79 Å². The van der Waals surface area contributed by atoms with Crippen molar-refractivity contribution >= 4 is 45.7 Å². The Morgan fingerprint density at radius 2 is 2.05 bits per heavy atom. The third-order valence-corrected chi connectivity index (χ3v) is 4.36. The molecule has 0 saturated heterocycles. The van der Waals surface area contributed by atoms with Crippen molar-refractivity contribution in [2.45, 2.75) is 11.6 Å². The van der Waals surface area contributed by atoms with E-state index in [0.717, 1.165) is 11.3 Å². The van der Waals surface area contributed by atoms with Crippen LogP contribution in [0.5, 0.6) is 0 Å². The van der Waals surface area contributed by atoms with Crippen LogP contribution in [-0.4, -0.2) is 16.6 Å². The number of hydrogen-bond donors (Lipinski definition) is 1. The molecule has 1 N–H and O–H groups in total. The van der Waals surface area contributed by atoms with Gasteiger partial charge in [0.05, 0.1) is 5.75 Å². The van der Waals surface area contributed by atoms with Crippen LogP contribution in [0.3, 0.4) is 0 Å². The molecule has 0 saturated carbocycles. The van der Waals surface area contributed by atoms with E-state index >= 15 is 0 Å². The minimum absolute atomic E-state index is 0.0164. The van der Waals surface area contributed by atoms with Crippen LogP contribution in [-0.2, 0) is 16.4 Å². The largest absolute Gasteiger partial charge is 0.301 e. The second-order valence-corrected chi connectivity index (χ2v) is 5.98. The molecular weight excluding hydrogens is 300 g/mol. The predicted molar refractivity (Wildman–Crippen MR) is 82.9 cm³/mol. The Hall–Kier alpha value is -1.04. The zero-order valence-electron chi connectivity index (χ0n) is 10.1. The van der Waals surface area contributed by atoms with Crippen molar-refractivity contribution in [3.8, 4) is 0 Å². The van der Waals surface area contributed by atoms with Crippen LogP contribution < -0.4 is 5.32 Å². The molecule has 0 aliphatic rings. The molecule has 1 aromatic carbocycles. The Morgan fingerprint density at radius 1 is 1.32 bits per heavy atom. The van der Waals surface area contributed by atoms with Gasteiger partial charge in [0.25, 0.3) is 0 Å². The summed E-state index contributed by atoms with van der Waals surface area (Å²) in [6, 6.07) is 8.12. The van der Waals surface area contributed by atoms with Crippen LogP contribution in [0, 0.1) is 0 Å². The number of nitrogens with one attached hydrogen (secondary N) is 1. The summed E-state index contributed by atoms with van der Waals surface area (Å²) in [6.07, 6.45) is 1.67. The number of rotatable bonds is 6. The topological polar surface area (TPSA) is 42.0 Å². The van der Waals surface area contributed by atoms with Crippen LogP contribution in [0.2, 0.25) is 0 Å². The smallest absolute Gasteiger partial charge is 0.236 e. The Morgan fingerprint density at radius 3 is 2.68 bits per heavy atom. The number of thiazole rings is 1. The summed E-state index contributed by atoms with van der Waals surface area (Å²) in [5.74, 6) is 1.76. The van der Waals surface area contributed by atoms with Gasteiger partial charge in [-0.2, -0.15) is 0 Å². The second-order valence-electron chi connectivity index (χ2n) is 3.83. The van der Waals surface area contributed by atoms with Gasteiger partial charge in [0.15, 0.2) is 5.13 Å². The fourth-order valence-electron chi connectivity index (χ4n) is 1.43. The summed E-state index contributed by atoms with van der Waals surface area (Å²) in [4.78, 5) is 15.6. The monoisotopic (exact) mass is 312 g/mol. The molecule has 0 spiro atoms. The van der Waals surface area contributed by atoms with Crippen molar-refractivity contribution in [3.05, 3.63) is 47.0 Å². The lowest BCUT2D eigenvalue weighted by atomic mass is 10.2. The fourth-order valence-corrected chi connectivity index (χ4v) is 2.94. The van der Waals surface area contributed by atoms with Crippen LogP contribution in [0.4, 0.5) is 5.13 Å². The number of nitrogens with zero attached hydrogens (tertiary/aromatic N) is 1. The average Bonchev–Trinajstić information content (AvgIpc) is 2.92. The van der Waals surface area contributed by atoms with E-state index in [1.807, 2.05) is 29.6 Å². The van der Waals surface area contributed by atoms with Gasteiger partial charge in [-0.15, -0.1) is 34.7 Å². The van der Waals surface area contributed by atoms with Gasteiger partial charge < -0.3 is 5.32 Å². The summed E-state index contributed by atoms with van der Waals surface area (Å²) in [7, 11) is 0. The van der Waals surface area contributed by atoms with Gasteiger partial charge in [0.2, 0.25) is 5.91 Å². The summed E-state index contributed by atoms with van der Waals surface area (Å²) < 4.78 is 0. The van der Waals surface area contributed by atoms with Crippen LogP contribution in [0.25, 0.3) is 0 Å². The van der Waals surface area contributed by atoms with Crippen LogP contribution in [0.1, 0.15) is 11.1 Å². The number of carbonyl (C=O) groups is 1. The van der Waals surface area contributed by atoms with Crippen LogP contribution >= 0.6 is 34.7 Å². The van der Waals surface area contributed by atoms with Crippen molar-refractivity contribution in [3.63, 3.8) is 0 Å². The maximum atomic E-state index is 11.6. The van der Waals surface area contributed by atoms with Crippen molar-refractivity contribution in [2.75, 3.05) is 11.1 Å². The number of amides is 1. The normalized spacial score (nSPS) is 10.4. The number of aromatic nitrogens is 1. The highest BCUT2D eigenvalue weighted by Crippen LogP contribution is 2.15. The van der Waals surface area contributed by atoms with Gasteiger partial charge in [0, 0.05) is 23.2 Å². The molecule has 0 bridgehead atoms. The third kappa shape index (κ3) is 4.86. The Labute approximate surface area is 125 Å². The molecule has 0 aliphatic carbocycles. The molecule has 0 radical (unpaired) electrons. The SMILES string of the molecule is O=C(CSCc1ccc(CCl)cc1)Nc1nccs1. The van der Waals surface area contributed by atoms with Crippen LogP contribution in [0.15, 0.2) is 35.8 Å². The molecule has 19 heavy (non-hydrogen) atoms. The molecule has 0 fully saturated rings. The van der Waals surface area contributed by atoms with Gasteiger partial charge >= 0.3 is 0 Å². The Balaban J connectivity index is 1.72. The molecule has 1 amide bonds. The van der Waals surface area contributed by atoms with Gasteiger partial charge in [0.1, 0.15) is 0 Å². The number of hydrogen-bond acceptors (Lipinski definition) is 4. The molecule has 0 unspecified atom stereocenters. The summed E-state index contributed by atoms with van der Waals surface area (Å²) >= 11 is 8.73. The molecule has 6 heteroatoms. The van der Waals surface area contributed by atoms with Gasteiger partial charge in [-0.05, 0) is 11.1 Å². The number of anilines is 1. The molecule has 1 heterocycles. The summed E-state index contributed by atoms with van der Waals surface area (Å²) in [6.45, 7) is 0. The second kappa shape index (κ2) is 7.53. The molecule has 0 aliphatic heterocycles. The first kappa shape index (κ1) is 14.4. The van der Waals surface area contributed by atoms with Gasteiger partial charge in [-0.25, -0.2) is 4.98 Å². The molecule has 2 aromatic rings. The first-order chi connectivity index (χ1) is 9.28. The lowest BCUT2D eigenvalue weighted by Crippen LogP contribution is -2.13. The zero-order chi connectivity index (χ0) is 13.5. The Bertz CT molecular complexity index is 514. The average molecular weight is 313 g/mol. The lowest BCUT2D eigenvalue weighted by molar-refractivity contribution is -0.113. The Kier molecular flexibility index (Phi) is 5.69. The van der Waals surface area contributed by atoms with Crippen molar-refractivity contribution in [2.24, 2.45) is 0 Å². The molecule has 1 aromatic heterocycles. The van der Waals surface area contributed by atoms with E-state index in [2.05, 4.69) is 10.3 Å². The maximum Gasteiger partial charge on any atom is 0.236 e. The predicted octanol–water partition coefficient (Wildman–Crippen LogP) is 3.75. The first-order valence-electron chi connectivity index (χ1n) is 5.69. The van der Waals surface area contributed by atoms with E-state index in [9.17, 15) is 4.79 Å². The zero-order valence-corrected chi connectivity index (χ0v) is 12.5. The molecule has 3 nitrogen and oxygen atoms in total. The molecule has 0 atom stereocenters. The number of thioether (sulfide) groups is 1. The van der Waals surface area contributed by atoms with E-state index < -0.39 is 0 Å². The van der Waals surface area contributed by atoms with E-state index in [1.165, 1.54) is 16.9 Å². The summed E-state index contributed by atoms with van der Waals surface area (Å²) in [5.41, 5.74) is 2.30. The van der Waals surface area contributed by atoms with E-state index in [1.54, 1.807) is 18.0 Å². The minimum Gasteiger partial charge on any atom is -0.301 e. The highest BCUT2D eigenvalue weighted by atomic mass is 35.5. The number of carbonyl (C=O) groups excluding carboxylic acids is 1. The first-order valence-corrected chi connectivity index (χ1v) is 8.25. The summed E-state index contributed by atoms with van der Waals surface area (Å²) in [5, 5.41) is 5.24. The number of benzene rings is 1. The quantitative estimate of drug-likeness (QED) is 0.826. The lowest BCUT2D eigenvalue weighted by Gasteiger charge is -2.03. The number of halogens is 1. The van der Waals surface area contributed by atoms with E-state index in [0.29, 0.717) is 16.8 Å². The highest BCUT2D eigenvalue weighted by Gasteiger charge is 2.04. The molecule has 2 rings (SSSR count). The van der Waals surface area contributed by atoms with Crippen molar-refractivity contribution in [1.29, 1.82) is 0 Å². The third-order valence-electron chi connectivity index (χ3n) is 2.36. The van der Waals surface area contributed by atoms with Crippen molar-refractivity contribution in [1.82, 2.24) is 4.98 Å². The molecule has 100 valence electrons. The minimum atomic E-state index is -0.0164. The molecular formula is C13H13ClN2OS2. The standard InChI is InChI=1S/C13H13ClN2OS2/c14-7-10-1-3-11(4-2-10)8-18-9-12(17)16-13-15-5-6-19-13/h1-6H,7-9H2,(H,15,16,17). The number of alkyl halides is 1.